The largest absolute Gasteiger partial charge is 0.298 e. The SMILES string of the molecule is CCCC(=O)C(C)(C)N(C)C. The standard InChI is InChI=1S/C9H19NO/c1-6-7-8(11)9(2,3)10(4)5/h6-7H2,1-5H3. The Kier molecular flexibility index (Phi) is 3.73. The van der Waals surface area contributed by atoms with E-state index in [1.54, 1.807) is 0 Å². The summed E-state index contributed by atoms with van der Waals surface area (Å²) in [6, 6.07) is 0. The maximum Gasteiger partial charge on any atom is 0.152 e. The highest BCUT2D eigenvalue weighted by molar-refractivity contribution is 5.87. The van der Waals surface area contributed by atoms with Crippen molar-refractivity contribution in [3.8, 4) is 0 Å². The second-order valence-electron chi connectivity index (χ2n) is 3.63. The highest BCUT2D eigenvalue weighted by Gasteiger charge is 2.28. The molecule has 0 fully saturated rings. The second kappa shape index (κ2) is 3.86. The molecule has 0 atom stereocenters. The van der Waals surface area contributed by atoms with E-state index in [1.165, 1.54) is 0 Å². The summed E-state index contributed by atoms with van der Waals surface area (Å²) in [6.45, 7) is 5.96. The molecular formula is C9H19NO. The zero-order chi connectivity index (χ0) is 9.07. The quantitative estimate of drug-likeness (QED) is 0.619. The van der Waals surface area contributed by atoms with Crippen molar-refractivity contribution in [2.45, 2.75) is 39.2 Å². The lowest BCUT2D eigenvalue weighted by Crippen LogP contribution is -2.45. The van der Waals surface area contributed by atoms with Gasteiger partial charge >= 0.3 is 0 Å². The van der Waals surface area contributed by atoms with Crippen LogP contribution in [0.4, 0.5) is 0 Å². The Labute approximate surface area is 69.6 Å². The predicted molar refractivity (Wildman–Crippen MR) is 47.7 cm³/mol. The van der Waals surface area contributed by atoms with Crippen LogP contribution in [0.1, 0.15) is 33.6 Å². The van der Waals surface area contributed by atoms with Crippen molar-refractivity contribution in [2.24, 2.45) is 0 Å². The number of hydrogen-bond donors (Lipinski definition) is 0. The fraction of sp³-hybridized carbons (Fsp3) is 0.889. The average molecular weight is 157 g/mol. The molecule has 0 spiro atoms. The van der Waals surface area contributed by atoms with E-state index in [-0.39, 0.29) is 5.54 Å². The van der Waals surface area contributed by atoms with E-state index < -0.39 is 0 Å². The lowest BCUT2D eigenvalue weighted by molar-refractivity contribution is -0.128. The van der Waals surface area contributed by atoms with E-state index in [0.29, 0.717) is 12.2 Å². The Bertz CT molecular complexity index is 138. The first kappa shape index (κ1) is 10.6. The second-order valence-corrected chi connectivity index (χ2v) is 3.63. The number of rotatable bonds is 4. The van der Waals surface area contributed by atoms with Crippen LogP contribution in [0, 0.1) is 0 Å². The van der Waals surface area contributed by atoms with Crippen LogP contribution in [0.15, 0.2) is 0 Å². The van der Waals surface area contributed by atoms with Gasteiger partial charge < -0.3 is 0 Å². The third-order valence-electron chi connectivity index (χ3n) is 2.28. The van der Waals surface area contributed by atoms with Crippen LogP contribution in [0.25, 0.3) is 0 Å². The van der Waals surface area contributed by atoms with Gasteiger partial charge in [0, 0.05) is 6.42 Å². The average Bonchev–Trinajstić information content (AvgIpc) is 1.88. The lowest BCUT2D eigenvalue weighted by atomic mass is 9.95. The lowest BCUT2D eigenvalue weighted by Gasteiger charge is -2.30. The van der Waals surface area contributed by atoms with Crippen molar-refractivity contribution in [1.29, 1.82) is 0 Å². The number of carbonyl (C=O) groups excluding carboxylic acids is 1. The minimum Gasteiger partial charge on any atom is -0.298 e. The Morgan fingerprint density at radius 3 is 2.09 bits per heavy atom. The highest BCUT2D eigenvalue weighted by atomic mass is 16.1. The summed E-state index contributed by atoms with van der Waals surface area (Å²) in [6.07, 6.45) is 1.63. The molecule has 0 aromatic carbocycles. The van der Waals surface area contributed by atoms with Crippen molar-refractivity contribution in [1.82, 2.24) is 4.90 Å². The van der Waals surface area contributed by atoms with Gasteiger partial charge in [0.25, 0.3) is 0 Å². The third kappa shape index (κ3) is 2.62. The van der Waals surface area contributed by atoms with Gasteiger partial charge in [0.2, 0.25) is 0 Å². The van der Waals surface area contributed by atoms with Gasteiger partial charge in [0.15, 0.2) is 5.78 Å². The zero-order valence-corrected chi connectivity index (χ0v) is 8.27. The fourth-order valence-electron chi connectivity index (χ4n) is 0.782. The highest BCUT2D eigenvalue weighted by Crippen LogP contribution is 2.14. The molecule has 0 bridgehead atoms. The summed E-state index contributed by atoms with van der Waals surface area (Å²) in [7, 11) is 3.88. The van der Waals surface area contributed by atoms with Crippen molar-refractivity contribution in [3.05, 3.63) is 0 Å². The molecule has 0 aliphatic carbocycles. The Balaban J connectivity index is 4.18. The Hall–Kier alpha value is -0.370. The van der Waals surface area contributed by atoms with Crippen LogP contribution in [0.3, 0.4) is 0 Å². The maximum absolute atomic E-state index is 11.5. The van der Waals surface area contributed by atoms with Gasteiger partial charge in [-0.3, -0.25) is 9.69 Å². The van der Waals surface area contributed by atoms with E-state index in [4.69, 9.17) is 0 Å². The van der Waals surface area contributed by atoms with Gasteiger partial charge in [-0.1, -0.05) is 6.92 Å². The number of hydrogen-bond acceptors (Lipinski definition) is 2. The Morgan fingerprint density at radius 2 is 1.82 bits per heavy atom. The molecule has 0 aliphatic rings. The van der Waals surface area contributed by atoms with E-state index in [9.17, 15) is 4.79 Å². The monoisotopic (exact) mass is 157 g/mol. The molecule has 2 nitrogen and oxygen atoms in total. The molecule has 0 aliphatic heterocycles. The number of nitrogens with zero attached hydrogens (tertiary/aromatic N) is 1. The van der Waals surface area contributed by atoms with Gasteiger partial charge in [-0.2, -0.15) is 0 Å². The van der Waals surface area contributed by atoms with E-state index >= 15 is 0 Å². The summed E-state index contributed by atoms with van der Waals surface area (Å²) in [5, 5.41) is 0. The molecule has 0 aromatic rings. The summed E-state index contributed by atoms with van der Waals surface area (Å²) < 4.78 is 0. The number of Topliss-reactive ketones (excluding diaryl/α,β-unsaturated/α-hetero) is 1. The molecule has 0 amide bonds. The van der Waals surface area contributed by atoms with Gasteiger partial charge in [-0.25, -0.2) is 0 Å². The number of likely N-dealkylation sites (N-methyl/N-ethyl adjacent to an activating group) is 1. The van der Waals surface area contributed by atoms with Crippen LogP contribution in [0.5, 0.6) is 0 Å². The van der Waals surface area contributed by atoms with E-state index in [1.807, 2.05) is 39.8 Å². The minimum atomic E-state index is -0.296. The van der Waals surface area contributed by atoms with Crippen molar-refractivity contribution in [2.75, 3.05) is 14.1 Å². The molecule has 0 aromatic heterocycles. The molecule has 11 heavy (non-hydrogen) atoms. The van der Waals surface area contributed by atoms with Crippen molar-refractivity contribution >= 4 is 5.78 Å². The van der Waals surface area contributed by atoms with Crippen molar-refractivity contribution < 1.29 is 4.79 Å². The first-order valence-corrected chi connectivity index (χ1v) is 4.13. The summed E-state index contributed by atoms with van der Waals surface area (Å²) in [4.78, 5) is 13.4. The molecule has 0 heterocycles. The molecule has 0 saturated heterocycles. The van der Waals surface area contributed by atoms with Gasteiger partial charge in [-0.05, 0) is 34.4 Å². The molecule has 0 unspecified atom stereocenters. The van der Waals surface area contributed by atoms with E-state index in [0.717, 1.165) is 6.42 Å². The third-order valence-corrected chi connectivity index (χ3v) is 2.28. The normalized spacial score (nSPS) is 12.2. The molecule has 0 saturated carbocycles. The minimum absolute atomic E-state index is 0.296. The van der Waals surface area contributed by atoms with Crippen LogP contribution in [-0.4, -0.2) is 30.3 Å². The van der Waals surface area contributed by atoms with Gasteiger partial charge in [-0.15, -0.1) is 0 Å². The maximum atomic E-state index is 11.5. The zero-order valence-electron chi connectivity index (χ0n) is 8.27. The van der Waals surface area contributed by atoms with Crippen molar-refractivity contribution in [3.63, 3.8) is 0 Å². The van der Waals surface area contributed by atoms with Crippen LogP contribution < -0.4 is 0 Å². The van der Waals surface area contributed by atoms with Gasteiger partial charge in [0.1, 0.15) is 0 Å². The first-order chi connectivity index (χ1) is 4.92. The summed E-state index contributed by atoms with van der Waals surface area (Å²) in [5.41, 5.74) is -0.296. The van der Waals surface area contributed by atoms with E-state index in [2.05, 4.69) is 0 Å². The Morgan fingerprint density at radius 1 is 1.36 bits per heavy atom. The summed E-state index contributed by atoms with van der Waals surface area (Å²) >= 11 is 0. The molecule has 2 heteroatoms. The predicted octanol–water partition coefficient (Wildman–Crippen LogP) is 1.70. The smallest absolute Gasteiger partial charge is 0.152 e. The molecule has 0 radical (unpaired) electrons. The molecule has 66 valence electrons. The van der Waals surface area contributed by atoms with Crippen LogP contribution >= 0.6 is 0 Å². The summed E-state index contributed by atoms with van der Waals surface area (Å²) in [5.74, 6) is 0.324. The van der Waals surface area contributed by atoms with Crippen LogP contribution in [0.2, 0.25) is 0 Å². The topological polar surface area (TPSA) is 20.3 Å². The van der Waals surface area contributed by atoms with Gasteiger partial charge in [0.05, 0.1) is 5.54 Å². The number of ketones is 1. The number of carbonyl (C=O) groups is 1. The molecular weight excluding hydrogens is 138 g/mol. The van der Waals surface area contributed by atoms with Crippen LogP contribution in [-0.2, 0) is 4.79 Å². The first-order valence-electron chi connectivity index (χ1n) is 4.13. The fourth-order valence-corrected chi connectivity index (χ4v) is 0.782. The molecule has 0 rings (SSSR count). The molecule has 0 N–H and O–H groups in total.